The molecule has 0 aromatic heterocycles. The fraction of sp³-hybridized carbons (Fsp3) is 0.278. The van der Waals surface area contributed by atoms with Crippen molar-refractivity contribution in [3.63, 3.8) is 0 Å². The Bertz CT molecular complexity index is 710. The van der Waals surface area contributed by atoms with Crippen molar-refractivity contribution in [3.05, 3.63) is 53.8 Å². The second kappa shape index (κ2) is 10.8. The summed E-state index contributed by atoms with van der Waals surface area (Å²) in [5.41, 5.74) is 1.76. The van der Waals surface area contributed by atoms with Crippen LogP contribution in [0, 0.1) is 5.82 Å². The predicted octanol–water partition coefficient (Wildman–Crippen LogP) is 3.69. The van der Waals surface area contributed by atoms with Gasteiger partial charge >= 0.3 is 0 Å². The summed E-state index contributed by atoms with van der Waals surface area (Å²) in [5, 5.41) is 6.38. The number of anilines is 1. The van der Waals surface area contributed by atoms with Crippen molar-refractivity contribution in [2.75, 3.05) is 33.1 Å². The van der Waals surface area contributed by atoms with Gasteiger partial charge in [-0.3, -0.25) is 4.99 Å². The van der Waals surface area contributed by atoms with Gasteiger partial charge in [0.15, 0.2) is 17.5 Å². The van der Waals surface area contributed by atoms with Crippen LogP contribution in [0.1, 0.15) is 5.56 Å². The maximum absolute atomic E-state index is 13.2. The van der Waals surface area contributed by atoms with E-state index in [2.05, 4.69) is 15.6 Å². The van der Waals surface area contributed by atoms with Crippen LogP contribution in [0.3, 0.4) is 0 Å². The Morgan fingerprint density at radius 1 is 1.08 bits per heavy atom. The molecule has 2 aromatic carbocycles. The second-order valence-corrected chi connectivity index (χ2v) is 5.07. The van der Waals surface area contributed by atoms with E-state index in [9.17, 15) is 4.39 Å². The zero-order valence-electron chi connectivity index (χ0n) is 14.5. The molecule has 0 unspecified atom stereocenters. The molecule has 2 aromatic rings. The lowest BCUT2D eigenvalue weighted by molar-refractivity contribution is 0.355. The van der Waals surface area contributed by atoms with Gasteiger partial charge in [-0.05, 0) is 36.2 Å². The quantitative estimate of drug-likeness (QED) is 0.393. The lowest BCUT2D eigenvalue weighted by Gasteiger charge is -2.14. The smallest absolute Gasteiger partial charge is 0.195 e. The first-order valence-electron chi connectivity index (χ1n) is 7.60. The first-order chi connectivity index (χ1) is 11.7. The highest BCUT2D eigenvalue weighted by molar-refractivity contribution is 14.0. The third-order valence-electron chi connectivity index (χ3n) is 3.47. The molecule has 0 aliphatic rings. The van der Waals surface area contributed by atoms with Crippen LogP contribution in [0.15, 0.2) is 47.5 Å². The second-order valence-electron chi connectivity index (χ2n) is 5.07. The van der Waals surface area contributed by atoms with Gasteiger partial charge in [-0.25, -0.2) is 4.39 Å². The molecule has 136 valence electrons. The molecule has 0 spiro atoms. The summed E-state index contributed by atoms with van der Waals surface area (Å²) >= 11 is 0. The first-order valence-corrected chi connectivity index (χ1v) is 7.60. The van der Waals surface area contributed by atoms with E-state index in [4.69, 9.17) is 9.47 Å². The van der Waals surface area contributed by atoms with Gasteiger partial charge in [-0.2, -0.15) is 0 Å². The van der Waals surface area contributed by atoms with Crippen LogP contribution >= 0.6 is 24.0 Å². The number of hydrogen-bond acceptors (Lipinski definition) is 3. The molecular formula is C18H23FIN3O2. The summed E-state index contributed by atoms with van der Waals surface area (Å²) in [4.78, 5) is 4.18. The van der Waals surface area contributed by atoms with Gasteiger partial charge in [0.2, 0.25) is 0 Å². The minimum absolute atomic E-state index is 0. The van der Waals surface area contributed by atoms with Gasteiger partial charge in [0.1, 0.15) is 5.82 Å². The molecule has 0 radical (unpaired) electrons. The molecule has 0 saturated heterocycles. The van der Waals surface area contributed by atoms with Crippen molar-refractivity contribution in [3.8, 4) is 11.5 Å². The fourth-order valence-electron chi connectivity index (χ4n) is 2.25. The number of nitrogens with zero attached hydrogens (tertiary/aromatic N) is 1. The molecule has 0 atom stereocenters. The van der Waals surface area contributed by atoms with Crippen LogP contribution in [-0.2, 0) is 6.42 Å². The molecule has 2 N–H and O–H groups in total. The van der Waals surface area contributed by atoms with E-state index >= 15 is 0 Å². The van der Waals surface area contributed by atoms with Crippen LogP contribution in [0.25, 0.3) is 0 Å². The third kappa shape index (κ3) is 6.41. The Morgan fingerprint density at radius 2 is 1.84 bits per heavy atom. The number of aliphatic imine (C=N–C) groups is 1. The van der Waals surface area contributed by atoms with Gasteiger partial charge in [0, 0.05) is 25.3 Å². The van der Waals surface area contributed by atoms with Crippen molar-refractivity contribution in [2.45, 2.75) is 6.42 Å². The zero-order valence-corrected chi connectivity index (χ0v) is 16.8. The van der Waals surface area contributed by atoms with Gasteiger partial charge in [-0.1, -0.05) is 12.1 Å². The zero-order chi connectivity index (χ0) is 17.4. The number of guanidine groups is 1. The Hall–Kier alpha value is -2.03. The SMILES string of the molecule is CN=C(NCCc1cccc(F)c1)Nc1ccc(OC)c(OC)c1.I. The molecule has 0 bridgehead atoms. The average molecular weight is 459 g/mol. The Labute approximate surface area is 164 Å². The third-order valence-corrected chi connectivity index (χ3v) is 3.47. The molecule has 7 heteroatoms. The monoisotopic (exact) mass is 459 g/mol. The number of methoxy groups -OCH3 is 2. The number of hydrogen-bond donors (Lipinski definition) is 2. The molecule has 0 aliphatic heterocycles. The van der Waals surface area contributed by atoms with E-state index in [1.165, 1.54) is 12.1 Å². The summed E-state index contributed by atoms with van der Waals surface area (Å²) in [7, 11) is 4.88. The normalized spacial score (nSPS) is 10.6. The summed E-state index contributed by atoms with van der Waals surface area (Å²) in [6.07, 6.45) is 0.699. The topological polar surface area (TPSA) is 54.9 Å². The van der Waals surface area contributed by atoms with Gasteiger partial charge in [0.25, 0.3) is 0 Å². The number of benzene rings is 2. The van der Waals surface area contributed by atoms with Crippen LogP contribution in [0.2, 0.25) is 0 Å². The molecule has 0 aliphatic carbocycles. The van der Waals surface area contributed by atoms with Gasteiger partial charge < -0.3 is 20.1 Å². The lowest BCUT2D eigenvalue weighted by atomic mass is 10.1. The van der Waals surface area contributed by atoms with E-state index in [0.717, 1.165) is 11.3 Å². The number of nitrogens with one attached hydrogen (secondary N) is 2. The summed E-state index contributed by atoms with van der Waals surface area (Å²) in [6.45, 7) is 0.635. The summed E-state index contributed by atoms with van der Waals surface area (Å²) in [6, 6.07) is 12.1. The van der Waals surface area contributed by atoms with E-state index < -0.39 is 0 Å². The van der Waals surface area contributed by atoms with Crippen molar-refractivity contribution >= 4 is 35.6 Å². The first kappa shape index (κ1) is 21.0. The highest BCUT2D eigenvalue weighted by Gasteiger charge is 2.06. The standard InChI is InChI=1S/C18H22FN3O2.HI/c1-20-18(21-10-9-13-5-4-6-14(19)11-13)22-15-7-8-16(23-2)17(12-15)24-3;/h4-8,11-12H,9-10H2,1-3H3,(H2,20,21,22);1H. The Balaban J connectivity index is 0.00000312. The summed E-state index contributed by atoms with van der Waals surface area (Å²) in [5.74, 6) is 1.70. The lowest BCUT2D eigenvalue weighted by Crippen LogP contribution is -2.32. The summed E-state index contributed by atoms with van der Waals surface area (Å²) < 4.78 is 23.7. The van der Waals surface area contributed by atoms with Crippen molar-refractivity contribution < 1.29 is 13.9 Å². The highest BCUT2D eigenvalue weighted by atomic mass is 127. The van der Waals surface area contributed by atoms with Crippen LogP contribution in [0.5, 0.6) is 11.5 Å². The molecule has 5 nitrogen and oxygen atoms in total. The van der Waals surface area contributed by atoms with Crippen molar-refractivity contribution in [1.29, 1.82) is 0 Å². The molecule has 0 amide bonds. The molecule has 2 rings (SSSR count). The van der Waals surface area contributed by atoms with Gasteiger partial charge in [0.05, 0.1) is 14.2 Å². The van der Waals surface area contributed by atoms with E-state index in [0.29, 0.717) is 30.4 Å². The minimum atomic E-state index is -0.222. The van der Waals surface area contributed by atoms with E-state index in [-0.39, 0.29) is 29.8 Å². The highest BCUT2D eigenvalue weighted by Crippen LogP contribution is 2.29. The number of ether oxygens (including phenoxy) is 2. The minimum Gasteiger partial charge on any atom is -0.493 e. The van der Waals surface area contributed by atoms with E-state index in [1.54, 1.807) is 27.3 Å². The predicted molar refractivity (Wildman–Crippen MR) is 110 cm³/mol. The van der Waals surface area contributed by atoms with Gasteiger partial charge in [-0.15, -0.1) is 24.0 Å². The van der Waals surface area contributed by atoms with Crippen molar-refractivity contribution in [1.82, 2.24) is 5.32 Å². The molecule has 0 heterocycles. The Kier molecular flexibility index (Phi) is 9.04. The number of halogens is 2. The Morgan fingerprint density at radius 3 is 2.48 bits per heavy atom. The van der Waals surface area contributed by atoms with Crippen molar-refractivity contribution in [2.24, 2.45) is 4.99 Å². The van der Waals surface area contributed by atoms with E-state index in [1.807, 2.05) is 24.3 Å². The largest absolute Gasteiger partial charge is 0.493 e. The average Bonchev–Trinajstić information content (AvgIpc) is 2.60. The fourth-order valence-corrected chi connectivity index (χ4v) is 2.25. The van der Waals surface area contributed by atoms with Crippen LogP contribution < -0.4 is 20.1 Å². The van der Waals surface area contributed by atoms with Crippen LogP contribution in [0.4, 0.5) is 10.1 Å². The molecular weight excluding hydrogens is 436 g/mol. The molecule has 0 saturated carbocycles. The maximum Gasteiger partial charge on any atom is 0.195 e. The number of rotatable bonds is 6. The maximum atomic E-state index is 13.2. The molecule has 0 fully saturated rings. The van der Waals surface area contributed by atoms with Crippen LogP contribution in [-0.4, -0.2) is 33.8 Å². The molecule has 25 heavy (non-hydrogen) atoms.